The maximum absolute atomic E-state index is 13.5. The van der Waals surface area contributed by atoms with E-state index in [9.17, 15) is 18.0 Å². The van der Waals surface area contributed by atoms with Crippen molar-refractivity contribution >= 4 is 23.2 Å². The maximum atomic E-state index is 13.5. The average Bonchev–Trinajstić information content (AvgIpc) is 2.54. The molecule has 23 heavy (non-hydrogen) atoms. The Bertz CT molecular complexity index is 707. The van der Waals surface area contributed by atoms with Gasteiger partial charge in [-0.1, -0.05) is 23.7 Å². The molecule has 2 aromatic carbocycles. The maximum Gasteiger partial charge on any atom is 0.238 e. The van der Waals surface area contributed by atoms with E-state index in [1.165, 1.54) is 0 Å². The first-order valence-corrected chi connectivity index (χ1v) is 7.18. The van der Waals surface area contributed by atoms with Gasteiger partial charge in [-0.2, -0.15) is 0 Å². The monoisotopic (exact) mass is 342 g/mol. The topological polar surface area (TPSA) is 41.1 Å². The summed E-state index contributed by atoms with van der Waals surface area (Å²) in [6.45, 7) is 1.72. The van der Waals surface area contributed by atoms with Gasteiger partial charge in [0.15, 0.2) is 17.5 Å². The van der Waals surface area contributed by atoms with E-state index < -0.39 is 29.0 Å². The second-order valence-electron chi connectivity index (χ2n) is 4.93. The van der Waals surface area contributed by atoms with Crippen LogP contribution in [0.15, 0.2) is 36.4 Å². The minimum Gasteiger partial charge on any atom is -0.322 e. The predicted octanol–water partition coefficient (Wildman–Crippen LogP) is 4.05. The number of carbonyl (C=O) groups is 1. The van der Waals surface area contributed by atoms with Crippen LogP contribution >= 0.6 is 11.6 Å². The molecule has 0 aliphatic carbocycles. The van der Waals surface area contributed by atoms with Crippen molar-refractivity contribution < 1.29 is 18.0 Å². The van der Waals surface area contributed by atoms with E-state index in [1.54, 1.807) is 12.1 Å². The van der Waals surface area contributed by atoms with E-state index in [0.717, 1.165) is 17.7 Å². The number of hydrogen-bond donors (Lipinski definition) is 2. The van der Waals surface area contributed by atoms with Crippen molar-refractivity contribution in [1.29, 1.82) is 0 Å². The van der Waals surface area contributed by atoms with Gasteiger partial charge in [-0.15, -0.1) is 0 Å². The van der Waals surface area contributed by atoms with E-state index >= 15 is 0 Å². The van der Waals surface area contributed by atoms with Crippen LogP contribution in [0.1, 0.15) is 18.5 Å². The number of halogens is 4. The van der Waals surface area contributed by atoms with E-state index in [0.29, 0.717) is 5.02 Å². The molecular weight excluding hydrogens is 329 g/mol. The van der Waals surface area contributed by atoms with Gasteiger partial charge >= 0.3 is 0 Å². The largest absolute Gasteiger partial charge is 0.322 e. The quantitative estimate of drug-likeness (QED) is 0.805. The Balaban J connectivity index is 1.93. The van der Waals surface area contributed by atoms with Gasteiger partial charge in [0.25, 0.3) is 0 Å². The summed E-state index contributed by atoms with van der Waals surface area (Å²) in [6, 6.07) is 8.65. The zero-order chi connectivity index (χ0) is 17.0. The minimum absolute atomic E-state index is 0.123. The number of nitrogens with one attached hydrogen (secondary N) is 2. The van der Waals surface area contributed by atoms with Crippen molar-refractivity contribution in [1.82, 2.24) is 5.32 Å². The van der Waals surface area contributed by atoms with Crippen molar-refractivity contribution in [3.63, 3.8) is 0 Å². The average molecular weight is 343 g/mol. The normalized spacial score (nSPS) is 12.0. The van der Waals surface area contributed by atoms with Crippen LogP contribution in [0.4, 0.5) is 18.9 Å². The standard InChI is InChI=1S/C16H14ClF3N2O/c1-9(10-2-4-11(17)5-3-10)21-8-14(23)22-13-7-6-12(18)15(19)16(13)20/h2-7,9,21H,8H2,1H3,(H,22,23)/t9-/m0/s1. The Morgan fingerprint density at radius 1 is 1.09 bits per heavy atom. The van der Waals surface area contributed by atoms with Crippen LogP contribution in [0.25, 0.3) is 0 Å². The summed E-state index contributed by atoms with van der Waals surface area (Å²) in [7, 11) is 0. The number of hydrogen-bond acceptors (Lipinski definition) is 2. The number of carbonyl (C=O) groups excluding carboxylic acids is 1. The first-order chi connectivity index (χ1) is 10.9. The third-order valence-corrected chi connectivity index (χ3v) is 3.50. The summed E-state index contributed by atoms with van der Waals surface area (Å²) in [4.78, 5) is 11.8. The fraction of sp³-hybridized carbons (Fsp3) is 0.188. The molecule has 0 fully saturated rings. The summed E-state index contributed by atoms with van der Waals surface area (Å²) < 4.78 is 39.4. The van der Waals surface area contributed by atoms with Gasteiger partial charge in [0.2, 0.25) is 5.91 Å². The fourth-order valence-electron chi connectivity index (χ4n) is 1.93. The minimum atomic E-state index is -1.62. The van der Waals surface area contributed by atoms with Gasteiger partial charge in [-0.05, 0) is 36.8 Å². The molecule has 122 valence electrons. The molecule has 7 heteroatoms. The van der Waals surface area contributed by atoms with Crippen LogP contribution in [-0.4, -0.2) is 12.5 Å². The Morgan fingerprint density at radius 3 is 2.39 bits per heavy atom. The third-order valence-electron chi connectivity index (χ3n) is 3.25. The second kappa shape index (κ2) is 7.48. The van der Waals surface area contributed by atoms with Crippen LogP contribution in [0.5, 0.6) is 0 Å². The van der Waals surface area contributed by atoms with Gasteiger partial charge in [-0.3, -0.25) is 4.79 Å². The molecule has 0 spiro atoms. The lowest BCUT2D eigenvalue weighted by molar-refractivity contribution is -0.115. The molecule has 1 atom stereocenters. The van der Waals surface area contributed by atoms with Gasteiger partial charge in [0.05, 0.1) is 12.2 Å². The Labute approximate surface area is 136 Å². The van der Waals surface area contributed by atoms with Crippen LogP contribution in [0, 0.1) is 17.5 Å². The third kappa shape index (κ3) is 4.46. The molecule has 3 nitrogen and oxygen atoms in total. The Kier molecular flexibility index (Phi) is 5.63. The highest BCUT2D eigenvalue weighted by atomic mass is 35.5. The molecule has 0 heterocycles. The molecule has 1 amide bonds. The van der Waals surface area contributed by atoms with E-state index in [4.69, 9.17) is 11.6 Å². The highest BCUT2D eigenvalue weighted by Crippen LogP contribution is 2.19. The van der Waals surface area contributed by atoms with Crippen molar-refractivity contribution in [2.75, 3.05) is 11.9 Å². The number of amides is 1. The molecule has 0 saturated carbocycles. The van der Waals surface area contributed by atoms with Gasteiger partial charge in [0.1, 0.15) is 0 Å². The predicted molar refractivity (Wildman–Crippen MR) is 82.8 cm³/mol. The van der Waals surface area contributed by atoms with Gasteiger partial charge < -0.3 is 10.6 Å². The van der Waals surface area contributed by atoms with E-state index in [2.05, 4.69) is 10.6 Å². The molecular formula is C16H14ClF3N2O. The molecule has 0 aliphatic rings. The van der Waals surface area contributed by atoms with Gasteiger partial charge in [-0.25, -0.2) is 13.2 Å². The summed E-state index contributed by atoms with van der Waals surface area (Å²) in [5, 5.41) is 5.73. The van der Waals surface area contributed by atoms with Crippen LogP contribution in [0.2, 0.25) is 5.02 Å². The first-order valence-electron chi connectivity index (χ1n) is 6.80. The Morgan fingerprint density at radius 2 is 1.74 bits per heavy atom. The molecule has 0 unspecified atom stereocenters. The smallest absolute Gasteiger partial charge is 0.238 e. The molecule has 2 rings (SSSR count). The summed E-state index contributed by atoms with van der Waals surface area (Å²) in [5.74, 6) is -4.93. The Hall–Kier alpha value is -2.05. The highest BCUT2D eigenvalue weighted by molar-refractivity contribution is 6.30. The lowest BCUT2D eigenvalue weighted by atomic mass is 10.1. The fourth-order valence-corrected chi connectivity index (χ4v) is 2.06. The lowest BCUT2D eigenvalue weighted by Crippen LogP contribution is -2.30. The molecule has 0 aromatic heterocycles. The zero-order valence-electron chi connectivity index (χ0n) is 12.2. The molecule has 0 saturated heterocycles. The van der Waals surface area contributed by atoms with Crippen LogP contribution < -0.4 is 10.6 Å². The van der Waals surface area contributed by atoms with Crippen LogP contribution in [-0.2, 0) is 4.79 Å². The van der Waals surface area contributed by atoms with Gasteiger partial charge in [0, 0.05) is 11.1 Å². The van der Waals surface area contributed by atoms with Crippen molar-refractivity contribution in [2.24, 2.45) is 0 Å². The lowest BCUT2D eigenvalue weighted by Gasteiger charge is -2.14. The summed E-state index contributed by atoms with van der Waals surface area (Å²) in [5.41, 5.74) is 0.510. The first kappa shape index (κ1) is 17.3. The molecule has 2 N–H and O–H groups in total. The number of benzene rings is 2. The molecule has 0 radical (unpaired) electrons. The molecule has 0 bridgehead atoms. The number of anilines is 1. The SMILES string of the molecule is C[C@H](NCC(=O)Nc1ccc(F)c(F)c1F)c1ccc(Cl)cc1. The summed E-state index contributed by atoms with van der Waals surface area (Å²) in [6.07, 6.45) is 0. The second-order valence-corrected chi connectivity index (χ2v) is 5.36. The van der Waals surface area contributed by atoms with E-state index in [-0.39, 0.29) is 12.6 Å². The van der Waals surface area contributed by atoms with E-state index in [1.807, 2.05) is 19.1 Å². The van der Waals surface area contributed by atoms with Crippen molar-refractivity contribution in [3.8, 4) is 0 Å². The zero-order valence-corrected chi connectivity index (χ0v) is 12.9. The molecule has 0 aliphatic heterocycles. The summed E-state index contributed by atoms with van der Waals surface area (Å²) >= 11 is 5.80. The van der Waals surface area contributed by atoms with Crippen LogP contribution in [0.3, 0.4) is 0 Å². The van der Waals surface area contributed by atoms with Crippen molar-refractivity contribution in [2.45, 2.75) is 13.0 Å². The highest BCUT2D eigenvalue weighted by Gasteiger charge is 2.15. The number of rotatable bonds is 5. The molecule has 2 aromatic rings. The van der Waals surface area contributed by atoms with Crippen molar-refractivity contribution in [3.05, 3.63) is 64.4 Å².